The van der Waals surface area contributed by atoms with E-state index in [0.29, 0.717) is 36.7 Å². The van der Waals surface area contributed by atoms with E-state index in [1.165, 1.54) is 22.5 Å². The van der Waals surface area contributed by atoms with Gasteiger partial charge in [-0.05, 0) is 31.2 Å². The summed E-state index contributed by atoms with van der Waals surface area (Å²) in [6, 6.07) is 11.3. The third-order valence-corrected chi connectivity index (χ3v) is 7.18. The Kier molecular flexibility index (Phi) is 6.45. The number of nitrogens with one attached hydrogen (secondary N) is 1. The van der Waals surface area contributed by atoms with Crippen molar-refractivity contribution in [3.05, 3.63) is 53.6 Å². The minimum atomic E-state index is -3.74. The van der Waals surface area contributed by atoms with E-state index in [-0.39, 0.29) is 30.1 Å². The number of amides is 1. The molecule has 0 bridgehead atoms. The lowest BCUT2D eigenvalue weighted by Gasteiger charge is -2.26. The lowest BCUT2D eigenvalue weighted by atomic mass is 10.0. The number of hydrogen-bond acceptors (Lipinski definition) is 7. The highest BCUT2D eigenvalue weighted by atomic mass is 32.2. The largest absolute Gasteiger partial charge is 0.492 e. The Balaban J connectivity index is 1.55. The van der Waals surface area contributed by atoms with Crippen LogP contribution >= 0.6 is 0 Å². The molecular weight excluding hydrogens is 436 g/mol. The van der Waals surface area contributed by atoms with Gasteiger partial charge in [0, 0.05) is 18.7 Å². The molecule has 2 aliphatic heterocycles. The molecule has 170 valence electrons. The minimum Gasteiger partial charge on any atom is -0.492 e. The summed E-state index contributed by atoms with van der Waals surface area (Å²) in [7, 11) is -3.74. The molecule has 1 fully saturated rings. The molecule has 1 atom stereocenters. The van der Waals surface area contributed by atoms with Gasteiger partial charge in [-0.25, -0.2) is 13.2 Å². The molecule has 4 rings (SSSR count). The summed E-state index contributed by atoms with van der Waals surface area (Å²) in [5.74, 6) is -0.543. The molecule has 0 unspecified atom stereocenters. The first-order valence-corrected chi connectivity index (χ1v) is 11.8. The predicted molar refractivity (Wildman–Crippen MR) is 115 cm³/mol. The zero-order valence-corrected chi connectivity index (χ0v) is 18.4. The molecular formula is C22H24N2O7S. The fourth-order valence-electron chi connectivity index (χ4n) is 3.73. The van der Waals surface area contributed by atoms with E-state index >= 15 is 0 Å². The topological polar surface area (TPSA) is 111 Å². The molecule has 1 saturated heterocycles. The Bertz CT molecular complexity index is 1130. The highest BCUT2D eigenvalue weighted by Gasteiger charge is 2.32. The van der Waals surface area contributed by atoms with Crippen molar-refractivity contribution < 1.29 is 32.2 Å². The van der Waals surface area contributed by atoms with Crippen molar-refractivity contribution in [3.8, 4) is 5.75 Å². The zero-order chi connectivity index (χ0) is 22.7. The number of morpholine rings is 1. The van der Waals surface area contributed by atoms with Gasteiger partial charge < -0.3 is 19.5 Å². The van der Waals surface area contributed by atoms with Crippen LogP contribution < -0.4 is 10.1 Å². The van der Waals surface area contributed by atoms with Gasteiger partial charge in [0.1, 0.15) is 11.9 Å². The minimum absolute atomic E-state index is 0.0517. The fraction of sp³-hybridized carbons (Fsp3) is 0.364. The summed E-state index contributed by atoms with van der Waals surface area (Å²) in [6.07, 6.45) is -0.802. The maximum atomic E-state index is 13.0. The van der Waals surface area contributed by atoms with Crippen LogP contribution in [0.15, 0.2) is 47.4 Å². The number of carbonyl (C=O) groups is 2. The zero-order valence-electron chi connectivity index (χ0n) is 17.6. The number of esters is 1. The Morgan fingerprint density at radius 1 is 1.19 bits per heavy atom. The van der Waals surface area contributed by atoms with Gasteiger partial charge in [-0.3, -0.25) is 4.79 Å². The van der Waals surface area contributed by atoms with Crippen LogP contribution in [0, 0.1) is 0 Å². The summed E-state index contributed by atoms with van der Waals surface area (Å²) < 4.78 is 43.5. The molecule has 0 saturated carbocycles. The maximum Gasteiger partial charge on any atom is 0.339 e. The van der Waals surface area contributed by atoms with Crippen molar-refractivity contribution in [2.45, 2.75) is 24.3 Å². The summed E-state index contributed by atoms with van der Waals surface area (Å²) in [5, 5.41) is 2.72. The van der Waals surface area contributed by atoms with E-state index in [2.05, 4.69) is 5.32 Å². The first-order valence-electron chi connectivity index (χ1n) is 10.3. The molecule has 9 nitrogen and oxygen atoms in total. The fourth-order valence-corrected chi connectivity index (χ4v) is 5.16. The van der Waals surface area contributed by atoms with Crippen LogP contribution in [0.3, 0.4) is 0 Å². The third kappa shape index (κ3) is 4.47. The van der Waals surface area contributed by atoms with Crippen LogP contribution in [0.1, 0.15) is 35.4 Å². The van der Waals surface area contributed by atoms with Crippen molar-refractivity contribution in [1.29, 1.82) is 0 Å². The molecule has 1 N–H and O–H groups in total. The van der Waals surface area contributed by atoms with Crippen molar-refractivity contribution in [1.82, 2.24) is 4.31 Å². The highest BCUT2D eigenvalue weighted by Crippen LogP contribution is 2.34. The average Bonchev–Trinajstić information content (AvgIpc) is 3.11. The van der Waals surface area contributed by atoms with Crippen molar-refractivity contribution in [2.24, 2.45) is 0 Å². The molecule has 1 amide bonds. The lowest BCUT2D eigenvalue weighted by molar-refractivity contribution is -0.118. The number of carbonyl (C=O) groups excluding carboxylic acids is 2. The number of sulfonamides is 1. The van der Waals surface area contributed by atoms with Crippen LogP contribution in [0.5, 0.6) is 5.75 Å². The van der Waals surface area contributed by atoms with Crippen LogP contribution in [0.2, 0.25) is 0 Å². The predicted octanol–water partition coefficient (Wildman–Crippen LogP) is 2.35. The molecule has 2 heterocycles. The van der Waals surface area contributed by atoms with Crippen molar-refractivity contribution in [3.63, 3.8) is 0 Å². The quantitative estimate of drug-likeness (QED) is 0.632. The lowest BCUT2D eigenvalue weighted by Crippen LogP contribution is -2.40. The highest BCUT2D eigenvalue weighted by molar-refractivity contribution is 7.89. The maximum absolute atomic E-state index is 13.0. The number of benzene rings is 2. The SMILES string of the molecule is CCOc1ccc(S(=O)(=O)N2CCOCC2)cc1NC(=O)C[C@H]1OC(=O)c2ccccc21. The molecule has 2 aliphatic rings. The molecule has 2 aromatic rings. The second kappa shape index (κ2) is 9.27. The van der Waals surface area contributed by atoms with Gasteiger partial charge in [0.05, 0.1) is 42.4 Å². The Morgan fingerprint density at radius 2 is 1.94 bits per heavy atom. The van der Waals surface area contributed by atoms with Gasteiger partial charge in [0.2, 0.25) is 15.9 Å². The monoisotopic (exact) mass is 460 g/mol. The van der Waals surface area contributed by atoms with Gasteiger partial charge in [-0.2, -0.15) is 4.31 Å². The third-order valence-electron chi connectivity index (χ3n) is 5.28. The smallest absolute Gasteiger partial charge is 0.339 e. The molecule has 0 radical (unpaired) electrons. The van der Waals surface area contributed by atoms with E-state index in [0.717, 1.165) is 0 Å². The summed E-state index contributed by atoms with van der Waals surface area (Å²) in [5.41, 5.74) is 1.34. The van der Waals surface area contributed by atoms with Crippen LogP contribution in [0.25, 0.3) is 0 Å². The molecule has 0 spiro atoms. The number of cyclic esters (lactones) is 1. The van der Waals surface area contributed by atoms with Crippen LogP contribution in [0.4, 0.5) is 5.69 Å². The Morgan fingerprint density at radius 3 is 2.69 bits per heavy atom. The van der Waals surface area contributed by atoms with Gasteiger partial charge >= 0.3 is 5.97 Å². The van der Waals surface area contributed by atoms with E-state index in [9.17, 15) is 18.0 Å². The van der Waals surface area contributed by atoms with Crippen LogP contribution in [-0.4, -0.2) is 57.5 Å². The van der Waals surface area contributed by atoms with E-state index < -0.39 is 28.0 Å². The number of fused-ring (bicyclic) bond motifs is 1. The summed E-state index contributed by atoms with van der Waals surface area (Å²) in [6.45, 7) is 3.33. The second-order valence-electron chi connectivity index (χ2n) is 7.34. The van der Waals surface area contributed by atoms with Crippen molar-refractivity contribution in [2.75, 3.05) is 38.2 Å². The van der Waals surface area contributed by atoms with E-state index in [4.69, 9.17) is 14.2 Å². The molecule has 0 aromatic heterocycles. The molecule has 2 aromatic carbocycles. The van der Waals surface area contributed by atoms with E-state index in [1.54, 1.807) is 31.2 Å². The number of hydrogen-bond donors (Lipinski definition) is 1. The summed E-state index contributed by atoms with van der Waals surface area (Å²) in [4.78, 5) is 24.8. The number of ether oxygens (including phenoxy) is 3. The number of nitrogens with zero attached hydrogens (tertiary/aromatic N) is 1. The molecule has 32 heavy (non-hydrogen) atoms. The Hall–Kier alpha value is -2.95. The normalized spacial score (nSPS) is 18.7. The van der Waals surface area contributed by atoms with Gasteiger partial charge in [-0.1, -0.05) is 18.2 Å². The Labute approximate surface area is 186 Å². The summed E-state index contributed by atoms with van der Waals surface area (Å²) >= 11 is 0. The molecule has 10 heteroatoms. The van der Waals surface area contributed by atoms with Crippen LogP contribution in [-0.2, 0) is 24.3 Å². The average molecular weight is 461 g/mol. The first kappa shape index (κ1) is 22.3. The first-order chi connectivity index (χ1) is 15.4. The number of anilines is 1. The van der Waals surface area contributed by atoms with Gasteiger partial charge in [-0.15, -0.1) is 0 Å². The standard InChI is InChI=1S/C22H24N2O7S/c1-2-30-19-8-7-15(32(27,28)24-9-11-29-12-10-24)13-18(19)23-21(25)14-20-16-5-3-4-6-17(16)22(26)31-20/h3-8,13,20H,2,9-12,14H2,1H3,(H,23,25)/t20-/m1/s1. The van der Waals surface area contributed by atoms with Gasteiger partial charge in [0.15, 0.2) is 0 Å². The van der Waals surface area contributed by atoms with Gasteiger partial charge in [0.25, 0.3) is 0 Å². The van der Waals surface area contributed by atoms with E-state index in [1.807, 2.05) is 0 Å². The van der Waals surface area contributed by atoms with Crippen molar-refractivity contribution >= 4 is 27.6 Å². The number of rotatable bonds is 7. The molecule has 0 aliphatic carbocycles. The second-order valence-corrected chi connectivity index (χ2v) is 9.28.